The number of benzene rings is 1. The molecule has 0 aliphatic carbocycles. The van der Waals surface area contributed by atoms with Gasteiger partial charge in [0.25, 0.3) is 0 Å². The lowest BCUT2D eigenvalue weighted by atomic mass is 9.76. The summed E-state index contributed by atoms with van der Waals surface area (Å²) < 4.78 is 6.26. The number of aromatic nitrogens is 1. The highest BCUT2D eigenvalue weighted by Gasteiger charge is 2.67. The molecule has 2 bridgehead atoms. The molecule has 0 N–H and O–H groups in total. The molecule has 1 spiro atoms. The summed E-state index contributed by atoms with van der Waals surface area (Å²) in [6, 6.07) is 9.83. The molecule has 3 aliphatic rings. The Bertz CT molecular complexity index is 1050. The second-order valence-electron chi connectivity index (χ2n) is 8.65. The summed E-state index contributed by atoms with van der Waals surface area (Å²) >= 11 is 0. The molecule has 30 heavy (non-hydrogen) atoms. The van der Waals surface area contributed by atoms with E-state index in [1.54, 1.807) is 29.2 Å². The van der Waals surface area contributed by atoms with Crippen LogP contribution in [0.1, 0.15) is 16.7 Å². The third kappa shape index (κ3) is 2.78. The van der Waals surface area contributed by atoms with Crippen LogP contribution in [-0.4, -0.2) is 47.0 Å². The minimum absolute atomic E-state index is 0.0294. The standard InChI is InChI=1S/C24H25N3O3/c1-15-6-7-18(11-16(15)2)27-14-24-9-8-19(30-24)20(21(24)23(27)29)22(28)26(3)13-17-5-4-10-25-12-17/h4-12,19-21H,13-14H2,1-3H3/t19-,20?,21?,24-/m0/s1. The largest absolute Gasteiger partial charge is 0.360 e. The monoisotopic (exact) mass is 403 g/mol. The van der Waals surface area contributed by atoms with Gasteiger partial charge in [0.05, 0.1) is 24.5 Å². The van der Waals surface area contributed by atoms with Crippen molar-refractivity contribution >= 4 is 17.5 Å². The molecule has 1 aromatic heterocycles. The van der Waals surface area contributed by atoms with Crippen molar-refractivity contribution < 1.29 is 14.3 Å². The van der Waals surface area contributed by atoms with Crippen molar-refractivity contribution in [1.82, 2.24) is 9.88 Å². The molecular weight excluding hydrogens is 378 g/mol. The van der Waals surface area contributed by atoms with Gasteiger partial charge in [-0.25, -0.2) is 0 Å². The number of hydrogen-bond donors (Lipinski definition) is 0. The molecule has 154 valence electrons. The van der Waals surface area contributed by atoms with E-state index in [9.17, 15) is 9.59 Å². The van der Waals surface area contributed by atoms with E-state index < -0.39 is 17.4 Å². The van der Waals surface area contributed by atoms with Gasteiger partial charge in [0, 0.05) is 31.7 Å². The van der Waals surface area contributed by atoms with E-state index in [0.29, 0.717) is 13.1 Å². The minimum Gasteiger partial charge on any atom is -0.360 e. The van der Waals surface area contributed by atoms with E-state index in [1.807, 2.05) is 49.4 Å². The quantitative estimate of drug-likeness (QED) is 0.737. The molecule has 4 heterocycles. The average Bonchev–Trinajstić information content (AvgIpc) is 3.38. The number of nitrogens with zero attached hydrogens (tertiary/aromatic N) is 3. The van der Waals surface area contributed by atoms with Crippen LogP contribution in [-0.2, 0) is 20.9 Å². The SMILES string of the molecule is Cc1ccc(N2C[C@]34C=C[C@H](O3)C(C(=O)N(C)Cc3cccnc3)C4C2=O)cc1C. The number of pyridine rings is 1. The highest BCUT2D eigenvalue weighted by molar-refractivity contribution is 6.03. The number of carbonyl (C=O) groups excluding carboxylic acids is 2. The Labute approximate surface area is 176 Å². The van der Waals surface area contributed by atoms with Gasteiger partial charge in [-0.1, -0.05) is 24.3 Å². The number of amides is 2. The molecule has 1 aromatic carbocycles. The summed E-state index contributed by atoms with van der Waals surface area (Å²) in [5.74, 6) is -1.08. The van der Waals surface area contributed by atoms with E-state index in [0.717, 1.165) is 16.8 Å². The minimum atomic E-state index is -0.712. The fourth-order valence-electron chi connectivity index (χ4n) is 4.99. The van der Waals surface area contributed by atoms with Gasteiger partial charge in [-0.2, -0.15) is 0 Å². The number of carbonyl (C=O) groups is 2. The first-order chi connectivity index (χ1) is 14.4. The van der Waals surface area contributed by atoms with Crippen molar-refractivity contribution in [1.29, 1.82) is 0 Å². The van der Waals surface area contributed by atoms with Gasteiger partial charge in [0.1, 0.15) is 5.60 Å². The van der Waals surface area contributed by atoms with E-state index in [2.05, 4.69) is 11.9 Å². The summed E-state index contributed by atoms with van der Waals surface area (Å²) in [6.45, 7) is 5.00. The van der Waals surface area contributed by atoms with Crippen LogP contribution >= 0.6 is 0 Å². The molecule has 2 saturated heterocycles. The highest BCUT2D eigenvalue weighted by atomic mass is 16.5. The van der Waals surface area contributed by atoms with Crippen molar-refractivity contribution in [3.8, 4) is 0 Å². The zero-order valence-corrected chi connectivity index (χ0v) is 17.4. The first-order valence-electron chi connectivity index (χ1n) is 10.3. The number of rotatable bonds is 4. The Kier molecular flexibility index (Phi) is 4.29. The van der Waals surface area contributed by atoms with Crippen LogP contribution in [0.15, 0.2) is 54.9 Å². The van der Waals surface area contributed by atoms with Gasteiger partial charge >= 0.3 is 0 Å². The van der Waals surface area contributed by atoms with Gasteiger partial charge < -0.3 is 14.5 Å². The third-order valence-corrected chi connectivity index (χ3v) is 6.71. The predicted octanol–water partition coefficient (Wildman–Crippen LogP) is 2.64. The molecule has 3 aliphatic heterocycles. The van der Waals surface area contributed by atoms with Crippen LogP contribution in [0, 0.1) is 25.7 Å². The van der Waals surface area contributed by atoms with Gasteiger partial charge in [-0.15, -0.1) is 0 Å². The molecule has 2 fully saturated rings. The fraction of sp³-hybridized carbons (Fsp3) is 0.375. The maximum atomic E-state index is 13.5. The molecule has 0 saturated carbocycles. The van der Waals surface area contributed by atoms with Crippen molar-refractivity contribution in [2.75, 3.05) is 18.5 Å². The topological polar surface area (TPSA) is 62.7 Å². The third-order valence-electron chi connectivity index (χ3n) is 6.71. The second kappa shape index (κ2) is 6.77. The lowest BCUT2D eigenvalue weighted by molar-refractivity contribution is -0.139. The van der Waals surface area contributed by atoms with Crippen LogP contribution < -0.4 is 4.90 Å². The van der Waals surface area contributed by atoms with E-state index >= 15 is 0 Å². The number of aryl methyl sites for hydroxylation is 2. The molecule has 6 nitrogen and oxygen atoms in total. The molecule has 4 atom stereocenters. The number of anilines is 1. The summed E-state index contributed by atoms with van der Waals surface area (Å²) in [5, 5.41) is 0. The lowest BCUT2D eigenvalue weighted by Gasteiger charge is -2.27. The molecule has 5 rings (SSSR count). The number of fused-ring (bicyclic) bond motifs is 1. The fourth-order valence-corrected chi connectivity index (χ4v) is 4.99. The van der Waals surface area contributed by atoms with Crippen molar-refractivity contribution in [3.05, 3.63) is 71.6 Å². The van der Waals surface area contributed by atoms with Crippen LogP contribution in [0.25, 0.3) is 0 Å². The van der Waals surface area contributed by atoms with Gasteiger partial charge in [-0.05, 0) is 48.7 Å². The van der Waals surface area contributed by atoms with Crippen LogP contribution in [0.4, 0.5) is 5.69 Å². The zero-order valence-electron chi connectivity index (χ0n) is 17.4. The van der Waals surface area contributed by atoms with E-state index in [1.165, 1.54) is 5.56 Å². The summed E-state index contributed by atoms with van der Waals surface area (Å²) in [7, 11) is 1.78. The van der Waals surface area contributed by atoms with Gasteiger partial charge in [0.15, 0.2) is 0 Å². The Morgan fingerprint density at radius 2 is 2.13 bits per heavy atom. The van der Waals surface area contributed by atoms with Crippen LogP contribution in [0.3, 0.4) is 0 Å². The smallest absolute Gasteiger partial charge is 0.234 e. The van der Waals surface area contributed by atoms with Crippen molar-refractivity contribution in [2.24, 2.45) is 11.8 Å². The van der Waals surface area contributed by atoms with Crippen molar-refractivity contribution in [2.45, 2.75) is 32.1 Å². The normalized spacial score (nSPS) is 28.8. The zero-order chi connectivity index (χ0) is 21.0. The predicted molar refractivity (Wildman–Crippen MR) is 113 cm³/mol. The molecule has 2 unspecified atom stereocenters. The first kappa shape index (κ1) is 19.0. The highest BCUT2D eigenvalue weighted by Crippen LogP contribution is 2.53. The molecule has 2 aromatic rings. The van der Waals surface area contributed by atoms with Crippen molar-refractivity contribution in [3.63, 3.8) is 0 Å². The van der Waals surface area contributed by atoms with Crippen LogP contribution in [0.2, 0.25) is 0 Å². The Morgan fingerprint density at radius 3 is 2.87 bits per heavy atom. The molecule has 6 heteroatoms. The number of hydrogen-bond acceptors (Lipinski definition) is 4. The number of ether oxygens (including phenoxy) is 1. The van der Waals surface area contributed by atoms with Crippen LogP contribution in [0.5, 0.6) is 0 Å². The molecular formula is C24H25N3O3. The first-order valence-corrected chi connectivity index (χ1v) is 10.3. The summed E-state index contributed by atoms with van der Waals surface area (Å²) in [6.07, 6.45) is 7.07. The maximum absolute atomic E-state index is 13.5. The Hall–Kier alpha value is -2.99. The second-order valence-corrected chi connectivity index (χ2v) is 8.65. The Morgan fingerprint density at radius 1 is 1.30 bits per heavy atom. The van der Waals surface area contributed by atoms with E-state index in [-0.39, 0.29) is 17.9 Å². The summed E-state index contributed by atoms with van der Waals surface area (Å²) in [5.41, 5.74) is 3.43. The van der Waals surface area contributed by atoms with Gasteiger partial charge in [-0.3, -0.25) is 14.6 Å². The van der Waals surface area contributed by atoms with Gasteiger partial charge in [0.2, 0.25) is 11.8 Å². The molecule has 2 amide bonds. The summed E-state index contributed by atoms with van der Waals surface area (Å²) in [4.78, 5) is 34.5. The molecule has 0 radical (unpaired) electrons. The maximum Gasteiger partial charge on any atom is 0.234 e. The Balaban J connectivity index is 1.42. The average molecular weight is 403 g/mol. The van der Waals surface area contributed by atoms with E-state index in [4.69, 9.17) is 4.74 Å². The lowest BCUT2D eigenvalue weighted by Crippen LogP contribution is -2.44.